The molecule has 116 valence electrons. The first kappa shape index (κ1) is 15.7. The molecule has 4 N–H and O–H groups in total. The topological polar surface area (TPSA) is 109 Å². The zero-order valence-electron chi connectivity index (χ0n) is 11.3. The summed E-state index contributed by atoms with van der Waals surface area (Å²) in [6.07, 6.45) is 2.89. The van der Waals surface area contributed by atoms with Crippen LogP contribution in [0.3, 0.4) is 0 Å². The summed E-state index contributed by atoms with van der Waals surface area (Å²) in [7, 11) is -3.96. The number of hydrogen-bond donors (Lipinski definition) is 3. The monoisotopic (exact) mass is 316 g/mol. The Morgan fingerprint density at radius 2 is 2.00 bits per heavy atom. The number of carbonyl (C=O) groups is 1. The Morgan fingerprint density at radius 1 is 1.33 bits per heavy atom. The summed E-state index contributed by atoms with van der Waals surface area (Å²) in [4.78, 5) is 10.9. The first-order valence-electron chi connectivity index (χ1n) is 6.61. The maximum absolute atomic E-state index is 13.9. The molecule has 6 nitrogen and oxygen atoms in total. The zero-order chi connectivity index (χ0) is 15.6. The van der Waals surface area contributed by atoms with Crippen molar-refractivity contribution in [1.29, 1.82) is 0 Å². The SMILES string of the molecule is NS(=O)(=O)c1ccc(NC2CCCCC2C(=O)O)c(F)c1. The molecule has 0 spiro atoms. The van der Waals surface area contributed by atoms with E-state index in [-0.39, 0.29) is 16.6 Å². The van der Waals surface area contributed by atoms with Gasteiger partial charge in [-0.1, -0.05) is 12.8 Å². The van der Waals surface area contributed by atoms with Gasteiger partial charge in [0, 0.05) is 6.04 Å². The summed E-state index contributed by atoms with van der Waals surface area (Å²) >= 11 is 0. The molecule has 0 aliphatic heterocycles. The number of anilines is 1. The average Bonchev–Trinajstić information content (AvgIpc) is 2.40. The normalized spacial score (nSPS) is 22.8. The van der Waals surface area contributed by atoms with Gasteiger partial charge in [0.1, 0.15) is 5.82 Å². The van der Waals surface area contributed by atoms with E-state index in [1.807, 2.05) is 0 Å². The number of nitrogens with two attached hydrogens (primary N) is 1. The molecule has 1 aromatic carbocycles. The minimum absolute atomic E-state index is 0.0838. The Morgan fingerprint density at radius 3 is 2.57 bits per heavy atom. The highest BCUT2D eigenvalue weighted by atomic mass is 32.2. The van der Waals surface area contributed by atoms with E-state index in [1.165, 1.54) is 12.1 Å². The molecule has 21 heavy (non-hydrogen) atoms. The van der Waals surface area contributed by atoms with Gasteiger partial charge in [0.15, 0.2) is 0 Å². The molecule has 1 aromatic rings. The number of sulfonamides is 1. The molecule has 8 heteroatoms. The van der Waals surface area contributed by atoms with Crippen molar-refractivity contribution in [3.8, 4) is 0 Å². The van der Waals surface area contributed by atoms with Gasteiger partial charge in [0.2, 0.25) is 10.0 Å². The second-order valence-corrected chi connectivity index (χ2v) is 6.73. The molecular formula is C13H17FN2O4S. The Hall–Kier alpha value is -1.67. The first-order valence-corrected chi connectivity index (χ1v) is 8.15. The van der Waals surface area contributed by atoms with Gasteiger partial charge in [-0.25, -0.2) is 17.9 Å². The quantitative estimate of drug-likeness (QED) is 0.780. The van der Waals surface area contributed by atoms with Crippen LogP contribution in [0.15, 0.2) is 23.1 Å². The van der Waals surface area contributed by atoms with E-state index in [1.54, 1.807) is 0 Å². The molecule has 0 bridgehead atoms. The van der Waals surface area contributed by atoms with Crippen LogP contribution in [0.5, 0.6) is 0 Å². The van der Waals surface area contributed by atoms with Crippen molar-refractivity contribution in [1.82, 2.24) is 0 Å². The molecule has 1 aliphatic carbocycles. The largest absolute Gasteiger partial charge is 0.481 e. The van der Waals surface area contributed by atoms with Gasteiger partial charge in [-0.3, -0.25) is 4.79 Å². The second-order valence-electron chi connectivity index (χ2n) is 5.17. The predicted octanol–water partition coefficient (Wildman–Crippen LogP) is 1.53. The number of primary sulfonamides is 1. The van der Waals surface area contributed by atoms with Crippen LogP contribution in [0, 0.1) is 11.7 Å². The van der Waals surface area contributed by atoms with E-state index in [0.717, 1.165) is 18.9 Å². The van der Waals surface area contributed by atoms with Crippen molar-refractivity contribution in [2.75, 3.05) is 5.32 Å². The maximum atomic E-state index is 13.9. The van der Waals surface area contributed by atoms with E-state index < -0.39 is 27.7 Å². The minimum Gasteiger partial charge on any atom is -0.481 e. The van der Waals surface area contributed by atoms with Crippen molar-refractivity contribution in [2.45, 2.75) is 36.6 Å². The number of nitrogens with one attached hydrogen (secondary N) is 1. The summed E-state index contributed by atoms with van der Waals surface area (Å²) < 4.78 is 36.2. The van der Waals surface area contributed by atoms with Crippen LogP contribution in [0.2, 0.25) is 0 Å². The molecule has 0 heterocycles. The number of halogens is 1. The van der Waals surface area contributed by atoms with E-state index in [2.05, 4.69) is 5.32 Å². The van der Waals surface area contributed by atoms with Crippen LogP contribution >= 0.6 is 0 Å². The number of benzene rings is 1. The molecule has 2 rings (SSSR count). The fourth-order valence-corrected chi connectivity index (χ4v) is 3.11. The molecule has 0 amide bonds. The summed E-state index contributed by atoms with van der Waals surface area (Å²) in [6, 6.07) is 2.92. The summed E-state index contributed by atoms with van der Waals surface area (Å²) in [5.74, 6) is -2.25. The Labute approximate surface area is 122 Å². The number of carboxylic acid groups (broad SMARTS) is 1. The van der Waals surface area contributed by atoms with Crippen molar-refractivity contribution in [2.24, 2.45) is 11.1 Å². The van der Waals surface area contributed by atoms with Crippen molar-refractivity contribution >= 4 is 21.7 Å². The molecule has 0 radical (unpaired) electrons. The number of rotatable bonds is 4. The highest BCUT2D eigenvalue weighted by molar-refractivity contribution is 7.89. The fourth-order valence-electron chi connectivity index (χ4n) is 2.59. The van der Waals surface area contributed by atoms with Gasteiger partial charge >= 0.3 is 5.97 Å². The van der Waals surface area contributed by atoms with Gasteiger partial charge in [-0.2, -0.15) is 0 Å². The first-order chi connectivity index (χ1) is 9.79. The molecule has 0 saturated heterocycles. The molecule has 2 unspecified atom stereocenters. The van der Waals surface area contributed by atoms with Crippen LogP contribution in [-0.4, -0.2) is 25.5 Å². The van der Waals surface area contributed by atoms with Gasteiger partial charge in [-0.05, 0) is 31.0 Å². The average molecular weight is 316 g/mol. The van der Waals surface area contributed by atoms with E-state index >= 15 is 0 Å². The third kappa shape index (κ3) is 3.70. The molecule has 1 aliphatic rings. The third-order valence-electron chi connectivity index (χ3n) is 3.69. The highest BCUT2D eigenvalue weighted by Crippen LogP contribution is 2.29. The number of carboxylic acids is 1. The zero-order valence-corrected chi connectivity index (χ0v) is 12.1. The third-order valence-corrected chi connectivity index (χ3v) is 4.60. The Bertz CT molecular complexity index is 648. The van der Waals surface area contributed by atoms with Crippen LogP contribution in [0.1, 0.15) is 25.7 Å². The van der Waals surface area contributed by atoms with Crippen molar-refractivity contribution < 1.29 is 22.7 Å². The standard InChI is InChI=1S/C13H17FN2O4S/c14-10-7-8(21(15,19)20)5-6-12(10)16-11-4-2-1-3-9(11)13(17)18/h5-7,9,11,16H,1-4H2,(H,17,18)(H2,15,19,20). The lowest BCUT2D eigenvalue weighted by Gasteiger charge is -2.30. The van der Waals surface area contributed by atoms with E-state index in [9.17, 15) is 22.7 Å². The van der Waals surface area contributed by atoms with E-state index in [4.69, 9.17) is 5.14 Å². The summed E-state index contributed by atoms with van der Waals surface area (Å²) in [5, 5.41) is 17.0. The van der Waals surface area contributed by atoms with Crippen molar-refractivity contribution in [3.05, 3.63) is 24.0 Å². The van der Waals surface area contributed by atoms with Crippen LogP contribution in [0.4, 0.5) is 10.1 Å². The molecular weight excluding hydrogens is 299 g/mol. The molecule has 2 atom stereocenters. The second kappa shape index (κ2) is 5.98. The van der Waals surface area contributed by atoms with E-state index in [0.29, 0.717) is 12.8 Å². The minimum atomic E-state index is -3.96. The van der Waals surface area contributed by atoms with Crippen LogP contribution < -0.4 is 10.5 Å². The van der Waals surface area contributed by atoms with Gasteiger partial charge in [-0.15, -0.1) is 0 Å². The lowest BCUT2D eigenvalue weighted by molar-refractivity contribution is -0.143. The highest BCUT2D eigenvalue weighted by Gasteiger charge is 2.31. The number of hydrogen-bond acceptors (Lipinski definition) is 4. The summed E-state index contributed by atoms with van der Waals surface area (Å²) in [5.41, 5.74) is 0.0838. The fraction of sp³-hybridized carbons (Fsp3) is 0.462. The lowest BCUT2D eigenvalue weighted by Crippen LogP contribution is -2.37. The predicted molar refractivity (Wildman–Crippen MR) is 74.8 cm³/mol. The Kier molecular flexibility index (Phi) is 4.48. The van der Waals surface area contributed by atoms with Crippen molar-refractivity contribution in [3.63, 3.8) is 0 Å². The van der Waals surface area contributed by atoms with Crippen LogP contribution in [0.25, 0.3) is 0 Å². The van der Waals surface area contributed by atoms with Gasteiger partial charge in [0.25, 0.3) is 0 Å². The van der Waals surface area contributed by atoms with Crippen LogP contribution in [-0.2, 0) is 14.8 Å². The number of aliphatic carboxylic acids is 1. The maximum Gasteiger partial charge on any atom is 0.308 e. The molecule has 0 aromatic heterocycles. The smallest absolute Gasteiger partial charge is 0.308 e. The Balaban J connectivity index is 2.21. The van der Waals surface area contributed by atoms with Gasteiger partial charge < -0.3 is 10.4 Å². The molecule has 1 fully saturated rings. The van der Waals surface area contributed by atoms with Gasteiger partial charge in [0.05, 0.1) is 16.5 Å². The summed E-state index contributed by atoms with van der Waals surface area (Å²) in [6.45, 7) is 0. The molecule has 1 saturated carbocycles. The lowest BCUT2D eigenvalue weighted by atomic mass is 9.84.